The lowest BCUT2D eigenvalue weighted by Gasteiger charge is -2.22. The molecule has 0 saturated carbocycles. The Balaban J connectivity index is 2.01. The summed E-state index contributed by atoms with van der Waals surface area (Å²) in [5, 5.41) is 11.5. The van der Waals surface area contributed by atoms with Gasteiger partial charge in [-0.1, -0.05) is 0 Å². The average molecular weight is 310 g/mol. The van der Waals surface area contributed by atoms with Crippen molar-refractivity contribution < 1.29 is 32.6 Å². The van der Waals surface area contributed by atoms with Crippen LogP contribution in [0.4, 0.5) is 18.0 Å². The van der Waals surface area contributed by atoms with Crippen LogP contribution >= 0.6 is 0 Å². The van der Waals surface area contributed by atoms with Crippen LogP contribution in [-0.4, -0.2) is 60.0 Å². The molecule has 2 rings (SSSR count). The van der Waals surface area contributed by atoms with Crippen molar-refractivity contribution in [2.24, 2.45) is 11.8 Å². The third-order valence-electron chi connectivity index (χ3n) is 4.03. The highest BCUT2D eigenvalue weighted by atomic mass is 19.4. The van der Waals surface area contributed by atoms with Gasteiger partial charge in [0, 0.05) is 19.7 Å². The minimum Gasteiger partial charge on any atom is -0.481 e. The van der Waals surface area contributed by atoms with E-state index in [-0.39, 0.29) is 12.1 Å². The van der Waals surface area contributed by atoms with E-state index in [2.05, 4.69) is 5.32 Å². The molecular weight excluding hydrogens is 293 g/mol. The molecule has 21 heavy (non-hydrogen) atoms. The van der Waals surface area contributed by atoms with Gasteiger partial charge in [-0.05, 0) is 13.3 Å². The number of rotatable bonds is 2. The Bertz CT molecular complexity index is 429. The van der Waals surface area contributed by atoms with Crippen LogP contribution in [0.25, 0.3) is 0 Å². The Labute approximate surface area is 119 Å². The number of hydrogen-bond acceptors (Lipinski definition) is 3. The first kappa shape index (κ1) is 15.9. The van der Waals surface area contributed by atoms with Crippen molar-refractivity contribution in [3.8, 4) is 0 Å². The molecule has 2 N–H and O–H groups in total. The topological polar surface area (TPSA) is 78.9 Å². The Hall–Kier alpha value is -1.51. The predicted octanol–water partition coefficient (Wildman–Crippen LogP) is 1.07. The number of hydrogen-bond donors (Lipinski definition) is 2. The first-order chi connectivity index (χ1) is 9.70. The number of alkyl halides is 3. The molecule has 2 fully saturated rings. The van der Waals surface area contributed by atoms with Crippen molar-refractivity contribution >= 4 is 12.0 Å². The molecule has 2 saturated heterocycles. The van der Waals surface area contributed by atoms with E-state index in [9.17, 15) is 22.8 Å². The molecule has 9 heteroatoms. The van der Waals surface area contributed by atoms with Crippen LogP contribution in [0.3, 0.4) is 0 Å². The van der Waals surface area contributed by atoms with Gasteiger partial charge < -0.3 is 20.1 Å². The molecule has 2 heterocycles. The smallest absolute Gasteiger partial charge is 0.394 e. The summed E-state index contributed by atoms with van der Waals surface area (Å²) >= 11 is 0. The number of urea groups is 1. The van der Waals surface area contributed by atoms with E-state index in [1.54, 1.807) is 6.92 Å². The zero-order valence-electron chi connectivity index (χ0n) is 11.4. The first-order valence-corrected chi connectivity index (χ1v) is 6.66. The minimum absolute atomic E-state index is 0.203. The highest BCUT2D eigenvalue weighted by molar-refractivity contribution is 5.78. The largest absolute Gasteiger partial charge is 0.481 e. The molecule has 0 aromatic heterocycles. The van der Waals surface area contributed by atoms with Crippen LogP contribution in [0.5, 0.6) is 0 Å². The second-order valence-electron chi connectivity index (χ2n) is 5.42. The van der Waals surface area contributed by atoms with Crippen molar-refractivity contribution in [3.05, 3.63) is 0 Å². The van der Waals surface area contributed by atoms with Gasteiger partial charge in [-0.2, -0.15) is 13.2 Å². The fraction of sp³-hybridized carbons (Fsp3) is 0.833. The van der Waals surface area contributed by atoms with E-state index in [4.69, 9.17) is 9.84 Å². The van der Waals surface area contributed by atoms with Gasteiger partial charge in [-0.25, -0.2) is 4.79 Å². The average Bonchev–Trinajstić information content (AvgIpc) is 2.95. The first-order valence-electron chi connectivity index (χ1n) is 6.66. The van der Waals surface area contributed by atoms with Crippen LogP contribution in [0, 0.1) is 11.8 Å². The number of carbonyl (C=O) groups excluding carboxylic acids is 1. The molecule has 0 bridgehead atoms. The summed E-state index contributed by atoms with van der Waals surface area (Å²) < 4.78 is 43.8. The summed E-state index contributed by atoms with van der Waals surface area (Å²) in [4.78, 5) is 23.9. The van der Waals surface area contributed by atoms with Crippen LogP contribution in [0.15, 0.2) is 0 Å². The maximum Gasteiger partial charge on any atom is 0.394 e. The predicted molar refractivity (Wildman–Crippen MR) is 64.6 cm³/mol. The van der Waals surface area contributed by atoms with Crippen LogP contribution in [0.1, 0.15) is 13.3 Å². The van der Waals surface area contributed by atoms with E-state index in [1.165, 1.54) is 0 Å². The fourth-order valence-electron chi connectivity index (χ4n) is 2.72. The van der Waals surface area contributed by atoms with Crippen molar-refractivity contribution in [1.29, 1.82) is 0 Å². The number of carboxylic acid groups (broad SMARTS) is 1. The lowest BCUT2D eigenvalue weighted by Crippen LogP contribution is -2.46. The van der Waals surface area contributed by atoms with Gasteiger partial charge in [0.2, 0.25) is 0 Å². The molecule has 0 aromatic carbocycles. The number of likely N-dealkylation sites (tertiary alicyclic amines) is 1. The minimum atomic E-state index is -4.64. The molecule has 0 aliphatic carbocycles. The Kier molecular flexibility index (Phi) is 4.31. The van der Waals surface area contributed by atoms with Crippen molar-refractivity contribution in [2.45, 2.75) is 31.7 Å². The van der Waals surface area contributed by atoms with Crippen molar-refractivity contribution in [2.75, 3.05) is 19.7 Å². The van der Waals surface area contributed by atoms with Gasteiger partial charge in [-0.3, -0.25) is 4.79 Å². The summed E-state index contributed by atoms with van der Waals surface area (Å²) in [5.74, 6) is -5.18. The van der Waals surface area contributed by atoms with E-state index >= 15 is 0 Å². The fourth-order valence-corrected chi connectivity index (χ4v) is 2.72. The molecule has 0 spiro atoms. The van der Waals surface area contributed by atoms with E-state index in [0.717, 1.165) is 4.90 Å². The number of carboxylic acids is 1. The number of carbonyl (C=O) groups is 2. The van der Waals surface area contributed by atoms with Gasteiger partial charge >= 0.3 is 18.2 Å². The molecule has 0 aromatic rings. The monoisotopic (exact) mass is 310 g/mol. The number of nitrogens with one attached hydrogen (secondary N) is 1. The molecule has 4 atom stereocenters. The number of aliphatic carboxylic acids is 1. The van der Waals surface area contributed by atoms with Crippen LogP contribution in [0.2, 0.25) is 0 Å². The molecule has 2 amide bonds. The van der Waals surface area contributed by atoms with E-state index in [1.807, 2.05) is 0 Å². The third kappa shape index (κ3) is 3.39. The van der Waals surface area contributed by atoms with Gasteiger partial charge in [0.1, 0.15) is 0 Å². The molecule has 0 unspecified atom stereocenters. The summed E-state index contributed by atoms with van der Waals surface area (Å²) in [7, 11) is 0. The standard InChI is InChI=1S/C12H17F3N2O4/c1-6-9(2-3-21-6)16-11(20)17-4-7(10(18)19)8(5-17)12(13,14)15/h6-9H,2-5H2,1H3,(H,16,20)(H,18,19)/t6-,7-,8-,9-/m1/s1. The van der Waals surface area contributed by atoms with Crippen molar-refractivity contribution in [1.82, 2.24) is 10.2 Å². The molecule has 120 valence electrons. The highest BCUT2D eigenvalue weighted by Gasteiger charge is 2.53. The Morgan fingerprint density at radius 1 is 1.33 bits per heavy atom. The van der Waals surface area contributed by atoms with Gasteiger partial charge in [0.25, 0.3) is 0 Å². The second-order valence-corrected chi connectivity index (χ2v) is 5.42. The van der Waals surface area contributed by atoms with Gasteiger partial charge in [-0.15, -0.1) is 0 Å². The molecular formula is C12H17F3N2O4. The Morgan fingerprint density at radius 2 is 2.00 bits per heavy atom. The molecule has 2 aliphatic rings. The molecule has 6 nitrogen and oxygen atoms in total. The zero-order chi connectivity index (χ0) is 15.8. The lowest BCUT2D eigenvalue weighted by molar-refractivity contribution is -0.187. The normalized spacial score (nSPS) is 33.2. The second kappa shape index (κ2) is 5.70. The summed E-state index contributed by atoms with van der Waals surface area (Å²) in [5.41, 5.74) is 0. The molecule has 0 radical (unpaired) electrons. The maximum atomic E-state index is 12.8. The Morgan fingerprint density at radius 3 is 2.43 bits per heavy atom. The third-order valence-corrected chi connectivity index (χ3v) is 4.03. The van der Waals surface area contributed by atoms with Crippen LogP contribution in [-0.2, 0) is 9.53 Å². The van der Waals surface area contributed by atoms with Gasteiger partial charge in [0.05, 0.1) is 24.0 Å². The van der Waals surface area contributed by atoms with Gasteiger partial charge in [0.15, 0.2) is 0 Å². The van der Waals surface area contributed by atoms with E-state index in [0.29, 0.717) is 13.0 Å². The van der Waals surface area contributed by atoms with Crippen LogP contribution < -0.4 is 5.32 Å². The summed E-state index contributed by atoms with van der Waals surface area (Å²) in [6, 6.07) is -0.930. The number of ether oxygens (including phenoxy) is 1. The van der Waals surface area contributed by atoms with Crippen molar-refractivity contribution in [3.63, 3.8) is 0 Å². The zero-order valence-corrected chi connectivity index (χ0v) is 11.4. The maximum absolute atomic E-state index is 12.8. The molecule has 2 aliphatic heterocycles. The quantitative estimate of drug-likeness (QED) is 0.799. The summed E-state index contributed by atoms with van der Waals surface area (Å²) in [6.45, 7) is 1.18. The SMILES string of the molecule is C[C@H]1OCC[C@H]1NC(=O)N1C[C@@H](C(F)(F)F)[C@H](C(=O)O)C1. The number of halogens is 3. The van der Waals surface area contributed by atoms with E-state index < -0.39 is 43.1 Å². The number of nitrogens with zero attached hydrogens (tertiary/aromatic N) is 1. The summed E-state index contributed by atoms with van der Waals surface area (Å²) in [6.07, 6.45) is -4.25. The number of amides is 2. The lowest BCUT2D eigenvalue weighted by atomic mass is 9.96. The highest BCUT2D eigenvalue weighted by Crippen LogP contribution is 2.37.